The SMILES string of the molecule is CO[P+](=O)OCCCN(CCCO)c1ccc(N=Nc2ccc([N+](=O)[O-])cc2S(=O)(=O)O)cc1. The van der Waals surface area contributed by atoms with Crippen LogP contribution in [0.5, 0.6) is 0 Å². The number of nitro benzene ring substituents is 1. The maximum absolute atomic E-state index is 11.6. The first-order valence-corrected chi connectivity index (χ1v) is 12.5. The summed E-state index contributed by atoms with van der Waals surface area (Å²) in [6.45, 7) is 1.37. The van der Waals surface area contributed by atoms with Crippen LogP contribution in [0.25, 0.3) is 0 Å². The van der Waals surface area contributed by atoms with Crippen molar-refractivity contribution in [3.05, 3.63) is 52.6 Å². The van der Waals surface area contributed by atoms with E-state index in [2.05, 4.69) is 14.8 Å². The van der Waals surface area contributed by atoms with E-state index >= 15 is 0 Å². The molecule has 15 heteroatoms. The zero-order valence-electron chi connectivity index (χ0n) is 18.2. The maximum atomic E-state index is 11.6. The molecule has 0 saturated heterocycles. The van der Waals surface area contributed by atoms with Gasteiger partial charge in [0, 0.05) is 42.1 Å². The molecule has 0 aliphatic rings. The first kappa shape index (κ1) is 27.4. The van der Waals surface area contributed by atoms with Gasteiger partial charge in [-0.25, -0.2) is 0 Å². The number of azo groups is 1. The molecule has 0 amide bonds. The van der Waals surface area contributed by atoms with E-state index in [1.165, 1.54) is 7.11 Å². The third kappa shape index (κ3) is 8.48. The van der Waals surface area contributed by atoms with Gasteiger partial charge in [-0.05, 0) is 43.2 Å². The Labute approximate surface area is 196 Å². The van der Waals surface area contributed by atoms with E-state index in [-0.39, 0.29) is 18.9 Å². The highest BCUT2D eigenvalue weighted by atomic mass is 32.2. The van der Waals surface area contributed by atoms with E-state index < -0.39 is 33.9 Å². The smallest absolute Gasteiger partial charge is 0.396 e. The summed E-state index contributed by atoms with van der Waals surface area (Å²) in [5.74, 6) is 0. The topological polar surface area (TPSA) is 181 Å². The van der Waals surface area contributed by atoms with Gasteiger partial charge in [0.15, 0.2) is 0 Å². The van der Waals surface area contributed by atoms with Gasteiger partial charge in [0.25, 0.3) is 15.8 Å². The van der Waals surface area contributed by atoms with Gasteiger partial charge in [-0.1, -0.05) is 0 Å². The van der Waals surface area contributed by atoms with Crippen molar-refractivity contribution in [1.29, 1.82) is 0 Å². The van der Waals surface area contributed by atoms with Crippen LogP contribution >= 0.6 is 8.25 Å². The molecule has 0 heterocycles. The molecule has 0 saturated carbocycles. The summed E-state index contributed by atoms with van der Waals surface area (Å²) >= 11 is 0. The second kappa shape index (κ2) is 13.1. The average Bonchev–Trinajstić information content (AvgIpc) is 2.81. The average molecular weight is 515 g/mol. The Balaban J connectivity index is 2.15. The van der Waals surface area contributed by atoms with Crippen LogP contribution in [0.3, 0.4) is 0 Å². The predicted octanol–water partition coefficient (Wildman–Crippen LogP) is 4.16. The molecule has 0 radical (unpaired) electrons. The fourth-order valence-electron chi connectivity index (χ4n) is 2.83. The fraction of sp³-hybridized carbons (Fsp3) is 0.368. The lowest BCUT2D eigenvalue weighted by atomic mass is 10.2. The lowest BCUT2D eigenvalue weighted by molar-refractivity contribution is -0.385. The Morgan fingerprint density at radius 2 is 1.79 bits per heavy atom. The highest BCUT2D eigenvalue weighted by molar-refractivity contribution is 7.86. The van der Waals surface area contributed by atoms with Gasteiger partial charge in [-0.15, -0.1) is 14.2 Å². The molecule has 0 spiro atoms. The molecule has 0 aliphatic carbocycles. The first-order chi connectivity index (χ1) is 16.2. The van der Waals surface area contributed by atoms with Crippen molar-refractivity contribution < 1.29 is 36.6 Å². The van der Waals surface area contributed by atoms with Crippen molar-refractivity contribution in [2.75, 3.05) is 38.3 Å². The maximum Gasteiger partial charge on any atom is 0.697 e. The van der Waals surface area contributed by atoms with Crippen LogP contribution in [0, 0.1) is 10.1 Å². The lowest BCUT2D eigenvalue weighted by Gasteiger charge is -2.24. The van der Waals surface area contributed by atoms with Crippen LogP contribution in [0.15, 0.2) is 57.6 Å². The number of nitro groups is 1. The summed E-state index contributed by atoms with van der Waals surface area (Å²) in [7, 11) is -5.61. The zero-order chi connectivity index (χ0) is 25.1. The third-order valence-electron chi connectivity index (χ3n) is 4.42. The summed E-state index contributed by atoms with van der Waals surface area (Å²) in [4.78, 5) is 11.4. The van der Waals surface area contributed by atoms with E-state index in [1.54, 1.807) is 24.3 Å². The Morgan fingerprint density at radius 3 is 2.38 bits per heavy atom. The number of non-ortho nitro benzene ring substituents is 1. The summed E-state index contributed by atoms with van der Waals surface area (Å²) in [5, 5.41) is 27.8. The predicted molar refractivity (Wildman–Crippen MR) is 123 cm³/mol. The van der Waals surface area contributed by atoms with Crippen molar-refractivity contribution in [2.45, 2.75) is 17.7 Å². The Bertz CT molecular complexity index is 1130. The minimum absolute atomic E-state index is 0.0141. The van der Waals surface area contributed by atoms with Gasteiger partial charge in [-0.2, -0.15) is 13.5 Å². The summed E-state index contributed by atoms with van der Waals surface area (Å²) in [6.07, 6.45) is 1.10. The number of hydrogen-bond acceptors (Lipinski definition) is 11. The number of benzene rings is 2. The van der Waals surface area contributed by atoms with Crippen LogP contribution in [-0.2, 0) is 23.7 Å². The monoisotopic (exact) mass is 515 g/mol. The molecule has 13 nitrogen and oxygen atoms in total. The van der Waals surface area contributed by atoms with Crippen LogP contribution in [0.2, 0.25) is 0 Å². The van der Waals surface area contributed by atoms with Crippen LogP contribution < -0.4 is 4.90 Å². The molecule has 184 valence electrons. The number of hydrogen-bond donors (Lipinski definition) is 2. The first-order valence-electron chi connectivity index (χ1n) is 9.93. The van der Waals surface area contributed by atoms with Gasteiger partial charge in [0.05, 0.1) is 17.7 Å². The van der Waals surface area contributed by atoms with E-state index in [9.17, 15) is 27.6 Å². The second-order valence-electron chi connectivity index (χ2n) is 6.76. The molecule has 0 aliphatic heterocycles. The molecule has 1 unspecified atom stereocenters. The third-order valence-corrected chi connectivity index (χ3v) is 6.00. The number of rotatable bonds is 14. The van der Waals surface area contributed by atoms with Gasteiger partial charge < -0.3 is 10.0 Å². The van der Waals surface area contributed by atoms with E-state index in [1.807, 2.05) is 4.90 Å². The van der Waals surface area contributed by atoms with Crippen molar-refractivity contribution in [2.24, 2.45) is 10.2 Å². The van der Waals surface area contributed by atoms with Gasteiger partial charge in [-0.3, -0.25) is 14.7 Å². The Morgan fingerprint density at radius 1 is 1.12 bits per heavy atom. The van der Waals surface area contributed by atoms with Crippen molar-refractivity contribution in [1.82, 2.24) is 0 Å². The van der Waals surface area contributed by atoms with Crippen molar-refractivity contribution >= 4 is 41.1 Å². The van der Waals surface area contributed by atoms with Crippen LogP contribution in [0.4, 0.5) is 22.7 Å². The number of aliphatic hydroxyl groups is 1. The van der Waals surface area contributed by atoms with E-state index in [4.69, 9.17) is 9.63 Å². The molecule has 2 rings (SSSR count). The van der Waals surface area contributed by atoms with Gasteiger partial charge in [0.2, 0.25) is 0 Å². The number of aliphatic hydroxyl groups excluding tert-OH is 1. The zero-order valence-corrected chi connectivity index (χ0v) is 19.9. The standard InChI is InChI=1S/C19H23N4O9PS/c1-31-33(27)32-13-3-11-22(10-2-12-24)16-6-4-15(5-7-16)20-21-18-9-8-17(23(25)26)14-19(18)34(28,29)30/h4-9,14,24H,2-3,10-13H2,1H3/p+1. The fourth-order valence-corrected chi connectivity index (χ4v) is 3.85. The van der Waals surface area contributed by atoms with E-state index in [0.29, 0.717) is 37.7 Å². The normalized spacial score (nSPS) is 12.1. The lowest BCUT2D eigenvalue weighted by Crippen LogP contribution is -2.27. The Hall–Kier alpha value is -2.87. The molecule has 0 aromatic heterocycles. The summed E-state index contributed by atoms with van der Waals surface area (Å²) in [5.41, 5.74) is 0.415. The molecular weight excluding hydrogens is 491 g/mol. The van der Waals surface area contributed by atoms with Crippen molar-refractivity contribution in [3.8, 4) is 0 Å². The van der Waals surface area contributed by atoms with Gasteiger partial charge >= 0.3 is 8.25 Å². The van der Waals surface area contributed by atoms with Crippen LogP contribution in [0.1, 0.15) is 12.8 Å². The van der Waals surface area contributed by atoms with Crippen molar-refractivity contribution in [3.63, 3.8) is 0 Å². The van der Waals surface area contributed by atoms with Crippen LogP contribution in [-0.4, -0.2) is 56.4 Å². The molecule has 1 atom stereocenters. The Kier molecular flexibility index (Phi) is 10.6. The number of nitrogens with zero attached hydrogens (tertiary/aromatic N) is 4. The largest absolute Gasteiger partial charge is 0.697 e. The minimum atomic E-state index is -4.76. The van der Waals surface area contributed by atoms with Gasteiger partial charge in [0.1, 0.15) is 17.2 Å². The minimum Gasteiger partial charge on any atom is -0.396 e. The number of anilines is 1. The molecule has 0 fully saturated rings. The molecule has 34 heavy (non-hydrogen) atoms. The summed E-state index contributed by atoms with van der Waals surface area (Å²) in [6, 6.07) is 9.60. The quantitative estimate of drug-likeness (QED) is 0.0925. The van der Waals surface area contributed by atoms with E-state index in [0.717, 1.165) is 17.8 Å². The molecule has 0 bridgehead atoms. The second-order valence-corrected chi connectivity index (χ2v) is 9.22. The summed E-state index contributed by atoms with van der Waals surface area (Å²) < 4.78 is 53.3. The molecular formula is C19H24N4O9PS+. The highest BCUT2D eigenvalue weighted by Crippen LogP contribution is 2.30. The molecule has 2 aromatic carbocycles. The highest BCUT2D eigenvalue weighted by Gasteiger charge is 2.20. The molecule has 2 N–H and O–H groups in total. The molecule has 2 aromatic rings.